The normalized spacial score (nSPS) is 13.4. The molecule has 25 heavy (non-hydrogen) atoms. The molecule has 2 heterocycles. The first kappa shape index (κ1) is 16.9. The van der Waals surface area contributed by atoms with Crippen LogP contribution in [-0.4, -0.2) is 30.5 Å². The Balaban J connectivity index is 1.69. The van der Waals surface area contributed by atoms with Gasteiger partial charge >= 0.3 is 0 Å². The first-order chi connectivity index (χ1) is 12.0. The Morgan fingerprint density at radius 3 is 2.44 bits per heavy atom. The van der Waals surface area contributed by atoms with E-state index in [0.717, 1.165) is 22.6 Å². The highest BCUT2D eigenvalue weighted by molar-refractivity contribution is 5.80. The van der Waals surface area contributed by atoms with Crippen molar-refractivity contribution >= 4 is 5.91 Å². The molecule has 7 nitrogen and oxygen atoms in total. The summed E-state index contributed by atoms with van der Waals surface area (Å²) in [6.07, 6.45) is 2.96. The Labute approximate surface area is 146 Å². The molecule has 3 rings (SSSR count). The molecular weight excluding hydrogens is 316 g/mol. The van der Waals surface area contributed by atoms with Gasteiger partial charge in [-0.25, -0.2) is 14.3 Å². The maximum atomic E-state index is 12.3. The van der Waals surface area contributed by atoms with E-state index in [2.05, 4.69) is 20.5 Å². The minimum absolute atomic E-state index is 0.0966. The van der Waals surface area contributed by atoms with E-state index in [1.54, 1.807) is 6.92 Å². The Morgan fingerprint density at radius 1 is 1.16 bits per heavy atom. The molecule has 0 bridgehead atoms. The minimum Gasteiger partial charge on any atom is -0.348 e. The van der Waals surface area contributed by atoms with Gasteiger partial charge in [-0.3, -0.25) is 4.79 Å². The molecule has 1 aromatic carbocycles. The van der Waals surface area contributed by atoms with E-state index in [4.69, 9.17) is 0 Å². The highest BCUT2D eigenvalue weighted by atomic mass is 16.2. The zero-order valence-electron chi connectivity index (χ0n) is 14.8. The summed E-state index contributed by atoms with van der Waals surface area (Å²) in [5.41, 5.74) is 4.12. The molecule has 1 amide bonds. The van der Waals surface area contributed by atoms with E-state index in [9.17, 15) is 4.79 Å². The summed E-state index contributed by atoms with van der Waals surface area (Å²) in [5, 5.41) is 11.5. The van der Waals surface area contributed by atoms with Gasteiger partial charge in [0.25, 0.3) is 0 Å². The van der Waals surface area contributed by atoms with Crippen LogP contribution in [0.1, 0.15) is 42.9 Å². The van der Waals surface area contributed by atoms with Gasteiger partial charge in [0.15, 0.2) is 0 Å². The van der Waals surface area contributed by atoms with Crippen molar-refractivity contribution in [2.24, 2.45) is 0 Å². The Hall–Kier alpha value is -2.96. The standard InChI is InChI=1S/C18H22N6O/c1-12-9-13(2)24(22-12)17-7-5-16(6-8-17)14(3)21-18(25)15(4)23-11-19-10-20-23/h5-11,14-15H,1-4H3,(H,21,25)/t14-,15-/m0/s1. The number of amides is 1. The van der Waals surface area contributed by atoms with Crippen LogP contribution in [0.3, 0.4) is 0 Å². The largest absolute Gasteiger partial charge is 0.348 e. The molecule has 3 aromatic rings. The molecule has 0 fully saturated rings. The number of rotatable bonds is 5. The molecule has 0 unspecified atom stereocenters. The molecule has 2 atom stereocenters. The Bertz CT molecular complexity index is 850. The zero-order chi connectivity index (χ0) is 18.0. The van der Waals surface area contributed by atoms with E-state index in [1.165, 1.54) is 17.3 Å². The summed E-state index contributed by atoms with van der Waals surface area (Å²) in [5.74, 6) is -0.0966. The molecule has 130 valence electrons. The zero-order valence-corrected chi connectivity index (χ0v) is 14.8. The van der Waals surface area contributed by atoms with Crippen LogP contribution in [0.5, 0.6) is 0 Å². The summed E-state index contributed by atoms with van der Waals surface area (Å²) in [6, 6.07) is 9.58. The molecule has 0 saturated carbocycles. The fourth-order valence-corrected chi connectivity index (χ4v) is 2.75. The van der Waals surface area contributed by atoms with Crippen molar-refractivity contribution in [1.82, 2.24) is 29.9 Å². The van der Waals surface area contributed by atoms with Gasteiger partial charge in [0.05, 0.1) is 17.4 Å². The summed E-state index contributed by atoms with van der Waals surface area (Å²) < 4.78 is 3.45. The van der Waals surface area contributed by atoms with Crippen LogP contribution in [-0.2, 0) is 4.79 Å². The average Bonchev–Trinajstić information content (AvgIpc) is 3.23. The number of aromatic nitrogens is 5. The molecular formula is C18H22N6O. The van der Waals surface area contributed by atoms with Crippen LogP contribution in [0.15, 0.2) is 43.0 Å². The van der Waals surface area contributed by atoms with Gasteiger partial charge in [0.2, 0.25) is 5.91 Å². The number of nitrogens with zero attached hydrogens (tertiary/aromatic N) is 5. The van der Waals surface area contributed by atoms with Crippen molar-refractivity contribution in [3.05, 3.63) is 59.9 Å². The number of hydrogen-bond acceptors (Lipinski definition) is 4. The molecule has 0 radical (unpaired) electrons. The molecule has 0 aliphatic carbocycles. The maximum Gasteiger partial charge on any atom is 0.245 e. The predicted molar refractivity (Wildman–Crippen MR) is 94.3 cm³/mol. The molecule has 0 saturated heterocycles. The van der Waals surface area contributed by atoms with Gasteiger partial charge in [-0.15, -0.1) is 0 Å². The summed E-state index contributed by atoms with van der Waals surface area (Å²) in [4.78, 5) is 16.2. The number of aryl methyl sites for hydroxylation is 2. The number of carbonyl (C=O) groups is 1. The molecule has 0 aliphatic heterocycles. The number of carbonyl (C=O) groups excluding carboxylic acids is 1. The first-order valence-corrected chi connectivity index (χ1v) is 8.24. The average molecular weight is 338 g/mol. The third kappa shape index (κ3) is 3.60. The molecule has 0 aliphatic rings. The van der Waals surface area contributed by atoms with E-state index < -0.39 is 6.04 Å². The lowest BCUT2D eigenvalue weighted by Gasteiger charge is -2.18. The van der Waals surface area contributed by atoms with Crippen LogP contribution in [0.25, 0.3) is 5.69 Å². The smallest absolute Gasteiger partial charge is 0.245 e. The summed E-state index contributed by atoms with van der Waals surface area (Å²) >= 11 is 0. The van der Waals surface area contributed by atoms with Crippen molar-refractivity contribution in [3.63, 3.8) is 0 Å². The second-order valence-corrected chi connectivity index (χ2v) is 6.21. The summed E-state index contributed by atoms with van der Waals surface area (Å²) in [7, 11) is 0. The van der Waals surface area contributed by atoms with Crippen molar-refractivity contribution in [2.45, 2.75) is 39.8 Å². The summed E-state index contributed by atoms with van der Waals surface area (Å²) in [6.45, 7) is 7.76. The highest BCUT2D eigenvalue weighted by Crippen LogP contribution is 2.18. The monoisotopic (exact) mass is 338 g/mol. The third-order valence-electron chi connectivity index (χ3n) is 4.22. The number of benzene rings is 1. The molecule has 0 spiro atoms. The van der Waals surface area contributed by atoms with Crippen LogP contribution < -0.4 is 5.32 Å². The fourth-order valence-electron chi connectivity index (χ4n) is 2.75. The number of hydrogen-bond donors (Lipinski definition) is 1. The van der Waals surface area contributed by atoms with Gasteiger partial charge in [-0.05, 0) is 51.5 Å². The molecule has 1 N–H and O–H groups in total. The van der Waals surface area contributed by atoms with Crippen molar-refractivity contribution in [3.8, 4) is 5.69 Å². The van der Waals surface area contributed by atoms with E-state index in [1.807, 2.05) is 55.8 Å². The molecule has 2 aromatic heterocycles. The van der Waals surface area contributed by atoms with Gasteiger partial charge in [0.1, 0.15) is 18.7 Å². The van der Waals surface area contributed by atoms with Crippen molar-refractivity contribution < 1.29 is 4.79 Å². The highest BCUT2D eigenvalue weighted by Gasteiger charge is 2.18. The topological polar surface area (TPSA) is 77.6 Å². The SMILES string of the molecule is Cc1cc(C)n(-c2ccc([C@H](C)NC(=O)[C@H](C)n3cncn3)cc2)n1. The predicted octanol–water partition coefficient (Wildman–Crippen LogP) is 2.52. The van der Waals surface area contributed by atoms with Crippen molar-refractivity contribution in [1.29, 1.82) is 0 Å². The lowest BCUT2D eigenvalue weighted by molar-refractivity contribution is -0.124. The van der Waals surface area contributed by atoms with E-state index >= 15 is 0 Å². The second-order valence-electron chi connectivity index (χ2n) is 6.21. The number of nitrogens with one attached hydrogen (secondary N) is 1. The van der Waals surface area contributed by atoms with E-state index in [-0.39, 0.29) is 11.9 Å². The second kappa shape index (κ2) is 6.88. The quantitative estimate of drug-likeness (QED) is 0.775. The fraction of sp³-hybridized carbons (Fsp3) is 0.333. The first-order valence-electron chi connectivity index (χ1n) is 8.24. The lowest BCUT2D eigenvalue weighted by Crippen LogP contribution is -2.33. The van der Waals surface area contributed by atoms with E-state index in [0.29, 0.717) is 0 Å². The van der Waals surface area contributed by atoms with Gasteiger partial charge in [-0.2, -0.15) is 10.2 Å². The van der Waals surface area contributed by atoms with Gasteiger partial charge in [-0.1, -0.05) is 12.1 Å². The van der Waals surface area contributed by atoms with Crippen molar-refractivity contribution in [2.75, 3.05) is 0 Å². The minimum atomic E-state index is -0.404. The van der Waals surface area contributed by atoms with Gasteiger partial charge in [0, 0.05) is 5.69 Å². The van der Waals surface area contributed by atoms with Crippen LogP contribution in [0.2, 0.25) is 0 Å². The van der Waals surface area contributed by atoms with Crippen LogP contribution >= 0.6 is 0 Å². The lowest BCUT2D eigenvalue weighted by atomic mass is 10.1. The van der Waals surface area contributed by atoms with Crippen LogP contribution in [0, 0.1) is 13.8 Å². The molecule has 7 heteroatoms. The Kier molecular flexibility index (Phi) is 4.65. The van der Waals surface area contributed by atoms with Gasteiger partial charge < -0.3 is 5.32 Å². The maximum absolute atomic E-state index is 12.3. The van der Waals surface area contributed by atoms with Crippen LogP contribution in [0.4, 0.5) is 0 Å². The third-order valence-corrected chi connectivity index (χ3v) is 4.22. The Morgan fingerprint density at radius 2 is 1.88 bits per heavy atom.